The summed E-state index contributed by atoms with van der Waals surface area (Å²) in [6, 6.07) is 9.22. The number of nitrogens with zero attached hydrogens (tertiary/aromatic N) is 1. The van der Waals surface area contributed by atoms with Crippen LogP contribution in [-0.4, -0.2) is 42.5 Å². The van der Waals surface area contributed by atoms with Crippen molar-refractivity contribution in [3.05, 3.63) is 30.3 Å². The third-order valence-corrected chi connectivity index (χ3v) is 3.97. The van der Waals surface area contributed by atoms with Crippen molar-refractivity contribution < 1.29 is 14.3 Å². The average molecular weight is 288 g/mol. The summed E-state index contributed by atoms with van der Waals surface area (Å²) in [5.74, 6) is 1.15. The predicted octanol–water partition coefficient (Wildman–Crippen LogP) is 1.19. The summed E-state index contributed by atoms with van der Waals surface area (Å²) < 4.78 is 5.64. The minimum absolute atomic E-state index is 0.0215. The summed E-state index contributed by atoms with van der Waals surface area (Å²) in [5.41, 5.74) is 0. The largest absolute Gasteiger partial charge is 0.492 e. The lowest BCUT2D eigenvalue weighted by atomic mass is 10.1. The molecule has 2 aliphatic rings. The first-order valence-corrected chi connectivity index (χ1v) is 7.50. The van der Waals surface area contributed by atoms with Crippen LogP contribution in [0.5, 0.6) is 5.75 Å². The van der Waals surface area contributed by atoms with Crippen LogP contribution in [0.2, 0.25) is 0 Å². The molecule has 5 nitrogen and oxygen atoms in total. The number of benzene rings is 1. The summed E-state index contributed by atoms with van der Waals surface area (Å²) in [6.45, 7) is 1.44. The molecule has 0 radical (unpaired) electrons. The van der Waals surface area contributed by atoms with Gasteiger partial charge in [-0.1, -0.05) is 18.2 Å². The SMILES string of the molecule is O=C1CCN(CCOc2ccccc2)C(=O)C(C2CC2)N1. The van der Waals surface area contributed by atoms with Crippen LogP contribution in [0.15, 0.2) is 30.3 Å². The van der Waals surface area contributed by atoms with Crippen molar-refractivity contribution >= 4 is 11.8 Å². The molecule has 0 spiro atoms. The maximum atomic E-state index is 12.5. The number of rotatable bonds is 5. The summed E-state index contributed by atoms with van der Waals surface area (Å²) in [5, 5.41) is 2.86. The van der Waals surface area contributed by atoms with E-state index in [1.165, 1.54) is 0 Å². The van der Waals surface area contributed by atoms with Gasteiger partial charge in [-0.25, -0.2) is 0 Å². The van der Waals surface area contributed by atoms with Gasteiger partial charge < -0.3 is 15.0 Å². The van der Waals surface area contributed by atoms with Gasteiger partial charge in [-0.15, -0.1) is 0 Å². The van der Waals surface area contributed by atoms with Gasteiger partial charge in [-0.2, -0.15) is 0 Å². The molecule has 1 N–H and O–H groups in total. The second kappa shape index (κ2) is 6.16. The zero-order chi connectivity index (χ0) is 14.7. The summed E-state index contributed by atoms with van der Waals surface area (Å²) in [7, 11) is 0. The molecule has 1 atom stereocenters. The van der Waals surface area contributed by atoms with Crippen LogP contribution in [0.4, 0.5) is 0 Å². The fourth-order valence-corrected chi connectivity index (χ4v) is 2.61. The van der Waals surface area contributed by atoms with Crippen LogP contribution < -0.4 is 10.1 Å². The summed E-state index contributed by atoms with van der Waals surface area (Å²) >= 11 is 0. The summed E-state index contributed by atoms with van der Waals surface area (Å²) in [6.07, 6.45) is 2.44. The van der Waals surface area contributed by atoms with Gasteiger partial charge >= 0.3 is 0 Å². The van der Waals surface area contributed by atoms with Crippen molar-refractivity contribution in [1.29, 1.82) is 0 Å². The molecule has 1 aromatic rings. The standard InChI is InChI=1S/C16H20N2O3/c19-14-8-9-18(16(20)15(17-14)12-6-7-12)10-11-21-13-4-2-1-3-5-13/h1-5,12,15H,6-11H2,(H,17,19). The van der Waals surface area contributed by atoms with Crippen molar-refractivity contribution in [2.75, 3.05) is 19.7 Å². The Bertz CT molecular complexity index is 514. The lowest BCUT2D eigenvalue weighted by molar-refractivity contribution is -0.134. The molecular weight excluding hydrogens is 268 g/mol. The Morgan fingerprint density at radius 3 is 2.67 bits per heavy atom. The van der Waals surface area contributed by atoms with Gasteiger partial charge in [0.25, 0.3) is 0 Å². The lowest BCUT2D eigenvalue weighted by Gasteiger charge is -2.24. The van der Waals surface area contributed by atoms with Gasteiger partial charge in [0.1, 0.15) is 18.4 Å². The van der Waals surface area contributed by atoms with Crippen LogP contribution >= 0.6 is 0 Å². The topological polar surface area (TPSA) is 58.6 Å². The molecule has 2 fully saturated rings. The van der Waals surface area contributed by atoms with E-state index in [0.717, 1.165) is 18.6 Å². The Hall–Kier alpha value is -2.04. The van der Waals surface area contributed by atoms with E-state index >= 15 is 0 Å². The van der Waals surface area contributed by atoms with E-state index in [1.54, 1.807) is 4.90 Å². The fourth-order valence-electron chi connectivity index (χ4n) is 2.61. The fraction of sp³-hybridized carbons (Fsp3) is 0.500. The first-order chi connectivity index (χ1) is 10.2. The number of hydrogen-bond acceptors (Lipinski definition) is 3. The third-order valence-electron chi connectivity index (χ3n) is 3.97. The van der Waals surface area contributed by atoms with Crippen molar-refractivity contribution in [3.63, 3.8) is 0 Å². The second-order valence-corrected chi connectivity index (χ2v) is 5.62. The van der Waals surface area contributed by atoms with Gasteiger partial charge in [0.2, 0.25) is 11.8 Å². The molecule has 0 bridgehead atoms. The Morgan fingerprint density at radius 2 is 1.95 bits per heavy atom. The zero-order valence-electron chi connectivity index (χ0n) is 12.0. The molecule has 21 heavy (non-hydrogen) atoms. The number of ether oxygens (including phenoxy) is 1. The normalized spacial score (nSPS) is 22.7. The van der Waals surface area contributed by atoms with Gasteiger partial charge in [-0.3, -0.25) is 9.59 Å². The molecule has 1 aliphatic heterocycles. The minimum atomic E-state index is -0.322. The molecule has 1 unspecified atom stereocenters. The number of carbonyl (C=O) groups is 2. The van der Waals surface area contributed by atoms with Crippen molar-refractivity contribution in [2.24, 2.45) is 5.92 Å². The molecule has 1 aromatic carbocycles. The molecule has 1 heterocycles. The highest BCUT2D eigenvalue weighted by Crippen LogP contribution is 2.34. The molecule has 2 amide bonds. The van der Waals surface area contributed by atoms with E-state index in [-0.39, 0.29) is 17.9 Å². The molecule has 5 heteroatoms. The monoisotopic (exact) mass is 288 g/mol. The van der Waals surface area contributed by atoms with Gasteiger partial charge in [-0.05, 0) is 30.9 Å². The van der Waals surface area contributed by atoms with E-state index in [4.69, 9.17) is 4.74 Å². The molecular formula is C16H20N2O3. The first kappa shape index (κ1) is 13.9. The van der Waals surface area contributed by atoms with Crippen LogP contribution in [0, 0.1) is 5.92 Å². The second-order valence-electron chi connectivity index (χ2n) is 5.62. The minimum Gasteiger partial charge on any atom is -0.492 e. The van der Waals surface area contributed by atoms with Gasteiger partial charge in [0.15, 0.2) is 0 Å². The number of carbonyl (C=O) groups excluding carboxylic acids is 2. The number of amides is 2. The Balaban J connectivity index is 1.55. The van der Waals surface area contributed by atoms with E-state index in [1.807, 2.05) is 30.3 Å². The quantitative estimate of drug-likeness (QED) is 0.885. The van der Waals surface area contributed by atoms with Crippen molar-refractivity contribution in [2.45, 2.75) is 25.3 Å². The molecule has 1 saturated heterocycles. The summed E-state index contributed by atoms with van der Waals surface area (Å²) in [4.78, 5) is 25.9. The van der Waals surface area contributed by atoms with Crippen LogP contribution in [-0.2, 0) is 9.59 Å². The Labute approximate surface area is 124 Å². The molecule has 1 aliphatic carbocycles. The lowest BCUT2D eigenvalue weighted by Crippen LogP contribution is -2.47. The average Bonchev–Trinajstić information content (AvgIpc) is 3.33. The maximum Gasteiger partial charge on any atom is 0.245 e. The van der Waals surface area contributed by atoms with Crippen molar-refractivity contribution in [1.82, 2.24) is 10.2 Å². The Morgan fingerprint density at radius 1 is 1.19 bits per heavy atom. The maximum absolute atomic E-state index is 12.5. The molecule has 112 valence electrons. The zero-order valence-corrected chi connectivity index (χ0v) is 12.0. The molecule has 3 rings (SSSR count). The predicted molar refractivity (Wildman–Crippen MR) is 77.8 cm³/mol. The van der Waals surface area contributed by atoms with E-state index < -0.39 is 0 Å². The highest BCUT2D eigenvalue weighted by molar-refractivity contribution is 5.90. The highest BCUT2D eigenvalue weighted by Gasteiger charge is 2.40. The first-order valence-electron chi connectivity index (χ1n) is 7.50. The van der Waals surface area contributed by atoms with E-state index in [2.05, 4.69) is 5.32 Å². The van der Waals surface area contributed by atoms with E-state index in [9.17, 15) is 9.59 Å². The smallest absolute Gasteiger partial charge is 0.245 e. The number of nitrogens with one attached hydrogen (secondary N) is 1. The van der Waals surface area contributed by atoms with Crippen LogP contribution in [0.1, 0.15) is 19.3 Å². The van der Waals surface area contributed by atoms with Crippen LogP contribution in [0.25, 0.3) is 0 Å². The van der Waals surface area contributed by atoms with Crippen LogP contribution in [0.3, 0.4) is 0 Å². The highest BCUT2D eigenvalue weighted by atomic mass is 16.5. The number of para-hydroxylation sites is 1. The number of hydrogen-bond donors (Lipinski definition) is 1. The van der Waals surface area contributed by atoms with E-state index in [0.29, 0.717) is 32.0 Å². The third kappa shape index (κ3) is 3.54. The molecule has 0 aromatic heterocycles. The van der Waals surface area contributed by atoms with Gasteiger partial charge in [0, 0.05) is 13.0 Å². The van der Waals surface area contributed by atoms with Crippen molar-refractivity contribution in [3.8, 4) is 5.75 Å². The van der Waals surface area contributed by atoms with Gasteiger partial charge in [0.05, 0.1) is 6.54 Å². The molecule has 1 saturated carbocycles. The Kier molecular flexibility index (Phi) is 4.08.